The van der Waals surface area contributed by atoms with Crippen LogP contribution in [0.1, 0.15) is 61.4 Å². The van der Waals surface area contributed by atoms with E-state index in [4.69, 9.17) is 4.74 Å². The Bertz CT molecular complexity index is 1870. The van der Waals surface area contributed by atoms with E-state index < -0.39 is 56.3 Å². The molecule has 1 amide bonds. The second kappa shape index (κ2) is 14.2. The number of benzene rings is 1. The molecule has 6 rings (SSSR count). The topological polar surface area (TPSA) is 163 Å². The Morgan fingerprint density at radius 3 is 2.41 bits per heavy atom. The molecule has 0 bridgehead atoms. The molecule has 3 aliphatic rings. The second-order valence-corrected chi connectivity index (χ2v) is 14.2. The molecule has 1 saturated carbocycles. The van der Waals surface area contributed by atoms with Crippen molar-refractivity contribution < 1.29 is 41.7 Å². The number of aromatic nitrogens is 3. The lowest BCUT2D eigenvalue weighted by molar-refractivity contribution is -0.208. The second-order valence-electron chi connectivity index (χ2n) is 12.3. The van der Waals surface area contributed by atoms with Gasteiger partial charge in [0.15, 0.2) is 5.82 Å². The molecule has 0 radical (unpaired) electrons. The number of allylic oxidation sites excluding steroid dienone is 1. The van der Waals surface area contributed by atoms with Crippen molar-refractivity contribution in [2.75, 3.05) is 6.54 Å². The van der Waals surface area contributed by atoms with Gasteiger partial charge in [-0.1, -0.05) is 55.7 Å². The largest absolute Gasteiger partial charge is 0.481 e. The number of aliphatic carboxylic acids is 1. The van der Waals surface area contributed by atoms with Crippen molar-refractivity contribution in [3.05, 3.63) is 108 Å². The van der Waals surface area contributed by atoms with Crippen LogP contribution < -0.4 is 0 Å². The first kappa shape index (κ1) is 34.4. The molecule has 12 nitrogen and oxygen atoms in total. The molecule has 2 aliphatic carbocycles. The molecule has 258 valence electrons. The standard InChI is InChI=1S/C34H35F2N5O7S/c35-28-15-26(18-39-31(28)36)49(46,47)41-14-13-30(41)32(42)40(20-24-17-38-29(19-37-24)23-9-5-2-6-10-23)25-11-12-27(33(43)44)34(45,16-25)48-21-22-7-3-1-4-8-22/h1,3-4,7-8,11-12,15-19,23,27,30,45H,2,5-6,9-10,13-14,20-21H2,(H,43,44)/t27-,30?,34?/m0/s1. The minimum absolute atomic E-state index is 0.0370. The van der Waals surface area contributed by atoms with Crippen molar-refractivity contribution >= 4 is 21.9 Å². The molecule has 49 heavy (non-hydrogen) atoms. The number of carboxylic acids is 1. The number of hydrogen-bond acceptors (Lipinski definition) is 9. The van der Waals surface area contributed by atoms with Gasteiger partial charge in [-0.2, -0.15) is 8.70 Å². The minimum atomic E-state index is -4.47. The van der Waals surface area contributed by atoms with Crippen LogP contribution in [0.5, 0.6) is 0 Å². The third-order valence-electron chi connectivity index (χ3n) is 9.12. The van der Waals surface area contributed by atoms with Gasteiger partial charge in [0.05, 0.1) is 36.9 Å². The molecule has 2 N–H and O–H groups in total. The van der Waals surface area contributed by atoms with Crippen LogP contribution in [0, 0.1) is 17.7 Å². The average Bonchev–Trinajstić information content (AvgIpc) is 3.07. The normalized spacial score (nSPS) is 23.0. The molecule has 15 heteroatoms. The number of carbonyl (C=O) groups is 2. The molecule has 2 fully saturated rings. The highest BCUT2D eigenvalue weighted by Gasteiger charge is 2.47. The van der Waals surface area contributed by atoms with E-state index in [9.17, 15) is 37.0 Å². The van der Waals surface area contributed by atoms with E-state index in [-0.39, 0.29) is 37.7 Å². The Kier molecular flexibility index (Phi) is 9.97. The van der Waals surface area contributed by atoms with Gasteiger partial charge in [0.1, 0.15) is 16.9 Å². The van der Waals surface area contributed by atoms with Gasteiger partial charge in [-0.15, -0.1) is 0 Å². The fraction of sp³-hybridized carbons (Fsp3) is 0.382. The summed E-state index contributed by atoms with van der Waals surface area (Å²) < 4.78 is 60.9. The average molecular weight is 696 g/mol. The maximum atomic E-state index is 14.3. The SMILES string of the molecule is O=C(O)[C@@H]1C=CC(N(Cc2cnc(C3CCCCC3)cn2)C(=O)C2CCN2S(=O)(=O)c2cnc(F)c(F)c2)=CC1(O)OCc1ccccc1. The number of ether oxygens (including phenoxy) is 1. The van der Waals surface area contributed by atoms with Crippen LogP contribution in [-0.4, -0.2) is 73.0 Å². The Morgan fingerprint density at radius 2 is 1.78 bits per heavy atom. The fourth-order valence-corrected chi connectivity index (χ4v) is 7.87. The molecule has 3 atom stereocenters. The van der Waals surface area contributed by atoms with Crippen LogP contribution in [-0.2, 0) is 37.5 Å². The highest BCUT2D eigenvalue weighted by Crippen LogP contribution is 2.35. The summed E-state index contributed by atoms with van der Waals surface area (Å²) in [6.07, 6.45) is 13.0. The van der Waals surface area contributed by atoms with E-state index in [1.54, 1.807) is 36.5 Å². The van der Waals surface area contributed by atoms with Crippen molar-refractivity contribution in [3.8, 4) is 0 Å². The van der Waals surface area contributed by atoms with E-state index in [1.807, 2.05) is 0 Å². The van der Waals surface area contributed by atoms with Crippen LogP contribution in [0.4, 0.5) is 8.78 Å². The first-order chi connectivity index (χ1) is 23.5. The Hall–Kier alpha value is -4.44. The van der Waals surface area contributed by atoms with Gasteiger partial charge in [-0.05, 0) is 37.0 Å². The third kappa shape index (κ3) is 7.29. The number of carbonyl (C=O) groups excluding carboxylic acids is 1. The van der Waals surface area contributed by atoms with Gasteiger partial charge >= 0.3 is 5.97 Å². The summed E-state index contributed by atoms with van der Waals surface area (Å²) in [5.41, 5.74) is 1.89. The van der Waals surface area contributed by atoms with Gasteiger partial charge in [0.2, 0.25) is 27.7 Å². The minimum Gasteiger partial charge on any atom is -0.481 e. The number of sulfonamides is 1. The van der Waals surface area contributed by atoms with Crippen molar-refractivity contribution in [2.24, 2.45) is 5.92 Å². The van der Waals surface area contributed by atoms with Crippen LogP contribution in [0.15, 0.2) is 83.8 Å². The smallest absolute Gasteiger partial charge is 0.316 e. The van der Waals surface area contributed by atoms with Crippen LogP contribution in [0.25, 0.3) is 0 Å². The van der Waals surface area contributed by atoms with Crippen LogP contribution in [0.3, 0.4) is 0 Å². The number of rotatable bonds is 11. The predicted octanol–water partition coefficient (Wildman–Crippen LogP) is 4.05. The van der Waals surface area contributed by atoms with E-state index in [1.165, 1.54) is 29.7 Å². The first-order valence-electron chi connectivity index (χ1n) is 16.0. The molecular formula is C34H35F2N5O7S. The quantitative estimate of drug-likeness (QED) is 0.221. The fourth-order valence-electron chi connectivity index (χ4n) is 6.29. The lowest BCUT2D eigenvalue weighted by Crippen LogP contribution is -2.58. The van der Waals surface area contributed by atoms with Gasteiger partial charge < -0.3 is 19.8 Å². The van der Waals surface area contributed by atoms with E-state index in [2.05, 4.69) is 15.0 Å². The molecule has 1 aromatic carbocycles. The molecule has 2 unspecified atom stereocenters. The van der Waals surface area contributed by atoms with Crippen molar-refractivity contribution in [2.45, 2.75) is 74.3 Å². The Morgan fingerprint density at radius 1 is 1.02 bits per heavy atom. The van der Waals surface area contributed by atoms with Gasteiger partial charge in [0, 0.05) is 30.4 Å². The van der Waals surface area contributed by atoms with Crippen molar-refractivity contribution in [1.82, 2.24) is 24.2 Å². The number of aliphatic hydroxyl groups is 1. The molecule has 1 aliphatic heterocycles. The summed E-state index contributed by atoms with van der Waals surface area (Å²) in [6.45, 7) is -0.449. The summed E-state index contributed by atoms with van der Waals surface area (Å²) in [7, 11) is -4.47. The van der Waals surface area contributed by atoms with E-state index in [0.29, 0.717) is 23.5 Å². The summed E-state index contributed by atoms with van der Waals surface area (Å²) in [5, 5.41) is 21.6. The zero-order valence-corrected chi connectivity index (χ0v) is 27.2. The summed E-state index contributed by atoms with van der Waals surface area (Å²) in [5.74, 6) is -8.67. The van der Waals surface area contributed by atoms with Gasteiger partial charge in [-0.3, -0.25) is 19.6 Å². The number of hydrogen-bond donors (Lipinski definition) is 2. The number of nitrogens with zero attached hydrogens (tertiary/aromatic N) is 5. The molecule has 3 aromatic rings. The predicted molar refractivity (Wildman–Crippen MR) is 169 cm³/mol. The van der Waals surface area contributed by atoms with Crippen molar-refractivity contribution in [3.63, 3.8) is 0 Å². The lowest BCUT2D eigenvalue weighted by atomic mass is 9.87. The molecular weight excluding hydrogens is 660 g/mol. The van der Waals surface area contributed by atoms with Gasteiger partial charge in [-0.25, -0.2) is 17.8 Å². The third-order valence-corrected chi connectivity index (χ3v) is 11.0. The maximum Gasteiger partial charge on any atom is 0.316 e. The summed E-state index contributed by atoms with van der Waals surface area (Å²) in [4.78, 5) is 39.4. The lowest BCUT2D eigenvalue weighted by Gasteiger charge is -2.42. The van der Waals surface area contributed by atoms with Crippen molar-refractivity contribution in [1.29, 1.82) is 0 Å². The highest BCUT2D eigenvalue weighted by atomic mass is 32.2. The van der Waals surface area contributed by atoms with Gasteiger partial charge in [0.25, 0.3) is 0 Å². The summed E-state index contributed by atoms with van der Waals surface area (Å²) >= 11 is 0. The number of pyridine rings is 1. The van der Waals surface area contributed by atoms with Crippen LogP contribution in [0.2, 0.25) is 0 Å². The zero-order valence-electron chi connectivity index (χ0n) is 26.4. The highest BCUT2D eigenvalue weighted by molar-refractivity contribution is 7.89. The Labute approximate surface area is 281 Å². The number of amides is 1. The number of carboxylic acid groups (broad SMARTS) is 1. The molecule has 2 aromatic heterocycles. The number of halogens is 2. The molecule has 1 saturated heterocycles. The zero-order chi connectivity index (χ0) is 34.8. The summed E-state index contributed by atoms with van der Waals surface area (Å²) in [6, 6.07) is 8.02. The Balaban J connectivity index is 1.33. The van der Waals surface area contributed by atoms with E-state index >= 15 is 0 Å². The van der Waals surface area contributed by atoms with E-state index in [0.717, 1.165) is 41.8 Å². The molecule has 0 spiro atoms. The first-order valence-corrected chi connectivity index (χ1v) is 17.4. The maximum absolute atomic E-state index is 14.3. The molecule has 3 heterocycles. The van der Waals surface area contributed by atoms with Crippen LogP contribution >= 0.6 is 0 Å². The monoisotopic (exact) mass is 695 g/mol.